The van der Waals surface area contributed by atoms with Crippen LogP contribution in [0.4, 0.5) is 0 Å². The molecule has 3 aromatic rings. The van der Waals surface area contributed by atoms with Crippen LogP contribution >= 0.6 is 0 Å². The Labute approximate surface area is 188 Å². The van der Waals surface area contributed by atoms with E-state index in [9.17, 15) is 0 Å². The fourth-order valence-corrected chi connectivity index (χ4v) is 4.27. The van der Waals surface area contributed by atoms with Crippen LogP contribution in [0.15, 0.2) is 67.3 Å². The molecule has 0 aliphatic rings. The first-order valence-electron chi connectivity index (χ1n) is 11.2. The third-order valence-electron chi connectivity index (χ3n) is 5.57. The highest BCUT2D eigenvalue weighted by Gasteiger charge is 2.18. The van der Waals surface area contributed by atoms with Gasteiger partial charge in [0.15, 0.2) is 0 Å². The van der Waals surface area contributed by atoms with Gasteiger partial charge in [-0.15, -0.1) is 0 Å². The zero-order chi connectivity index (χ0) is 22.1. The van der Waals surface area contributed by atoms with Crippen molar-refractivity contribution in [1.29, 1.82) is 0 Å². The summed E-state index contributed by atoms with van der Waals surface area (Å²) in [5, 5.41) is 0. The van der Waals surface area contributed by atoms with Gasteiger partial charge in [0.1, 0.15) is 6.73 Å². The summed E-state index contributed by atoms with van der Waals surface area (Å²) in [6.45, 7) is 12.6. The third kappa shape index (κ3) is 7.72. The zero-order valence-electron chi connectivity index (χ0n) is 19.4. The van der Waals surface area contributed by atoms with Crippen molar-refractivity contribution < 1.29 is 4.74 Å². The topological polar surface area (TPSA) is 43.2 Å². The van der Waals surface area contributed by atoms with Gasteiger partial charge in [-0.1, -0.05) is 56.0 Å². The molecule has 0 aliphatic carbocycles. The van der Waals surface area contributed by atoms with Crippen LogP contribution < -0.4 is 0 Å². The predicted octanol–water partition coefficient (Wildman–Crippen LogP) is 5.40. The van der Waals surface area contributed by atoms with Gasteiger partial charge in [0.2, 0.25) is 0 Å². The normalized spacial score (nSPS) is 12.9. The molecular formula is C25H36N4OSi. The summed E-state index contributed by atoms with van der Waals surface area (Å²) in [4.78, 5) is 11.5. The first-order chi connectivity index (χ1) is 14.9. The smallest absolute Gasteiger partial charge is 0.123 e. The fraction of sp³-hybridized carbons (Fsp3) is 0.440. The van der Waals surface area contributed by atoms with Gasteiger partial charge < -0.3 is 9.30 Å². The van der Waals surface area contributed by atoms with E-state index in [4.69, 9.17) is 4.74 Å². The highest BCUT2D eigenvalue weighted by molar-refractivity contribution is 6.76. The minimum absolute atomic E-state index is 0.228. The van der Waals surface area contributed by atoms with Crippen molar-refractivity contribution >= 4 is 8.07 Å². The second-order valence-electron chi connectivity index (χ2n) is 9.34. The number of hydrogen-bond donors (Lipinski definition) is 0. The van der Waals surface area contributed by atoms with Gasteiger partial charge in [-0.2, -0.15) is 0 Å². The van der Waals surface area contributed by atoms with Crippen molar-refractivity contribution in [3.63, 3.8) is 0 Å². The fourth-order valence-electron chi connectivity index (χ4n) is 3.51. The van der Waals surface area contributed by atoms with Crippen LogP contribution in [-0.2, 0) is 24.4 Å². The van der Waals surface area contributed by atoms with Gasteiger partial charge >= 0.3 is 0 Å². The van der Waals surface area contributed by atoms with Gasteiger partial charge in [-0.05, 0) is 30.7 Å². The second-order valence-corrected chi connectivity index (χ2v) is 15.0. The summed E-state index contributed by atoms with van der Waals surface area (Å²) < 4.78 is 8.08. The quantitative estimate of drug-likeness (QED) is 0.282. The molecule has 0 spiro atoms. The Morgan fingerprint density at radius 1 is 1.06 bits per heavy atom. The number of aromatic nitrogens is 3. The summed E-state index contributed by atoms with van der Waals surface area (Å²) in [5.74, 6) is 0. The lowest BCUT2D eigenvalue weighted by atomic mass is 10.1. The van der Waals surface area contributed by atoms with E-state index in [1.54, 1.807) is 0 Å². The maximum atomic E-state index is 5.95. The molecule has 3 rings (SSSR count). The number of nitrogens with zero attached hydrogens (tertiary/aromatic N) is 4. The van der Waals surface area contributed by atoms with Crippen molar-refractivity contribution in [3.8, 4) is 0 Å². The van der Waals surface area contributed by atoms with Crippen LogP contribution in [0.1, 0.15) is 29.9 Å². The van der Waals surface area contributed by atoms with Crippen LogP contribution in [0.5, 0.6) is 0 Å². The Kier molecular flexibility index (Phi) is 8.57. The lowest BCUT2D eigenvalue weighted by Crippen LogP contribution is -2.30. The molecule has 0 N–H and O–H groups in total. The van der Waals surface area contributed by atoms with Crippen LogP contribution in [0.25, 0.3) is 0 Å². The molecule has 1 unspecified atom stereocenters. The van der Waals surface area contributed by atoms with Gasteiger partial charge in [-0.25, -0.2) is 4.98 Å². The number of rotatable bonds is 12. The Balaban J connectivity index is 1.63. The molecule has 0 radical (unpaired) electrons. The molecule has 0 aliphatic heterocycles. The van der Waals surface area contributed by atoms with Crippen molar-refractivity contribution in [1.82, 2.24) is 19.4 Å². The molecule has 1 aromatic carbocycles. The van der Waals surface area contributed by atoms with E-state index in [0.29, 0.717) is 6.73 Å². The van der Waals surface area contributed by atoms with Crippen molar-refractivity contribution in [2.24, 2.45) is 0 Å². The molecule has 6 heteroatoms. The van der Waals surface area contributed by atoms with Crippen LogP contribution in [0.3, 0.4) is 0 Å². The van der Waals surface area contributed by atoms with Crippen molar-refractivity contribution in [3.05, 3.63) is 84.2 Å². The molecule has 5 nitrogen and oxygen atoms in total. The minimum atomic E-state index is -1.07. The molecule has 0 saturated carbocycles. The molecule has 166 valence electrons. The summed E-state index contributed by atoms with van der Waals surface area (Å²) in [7, 11) is -1.07. The molecule has 0 saturated heterocycles. The number of hydrogen-bond acceptors (Lipinski definition) is 4. The Morgan fingerprint density at radius 3 is 2.55 bits per heavy atom. The number of ether oxygens (including phenoxy) is 1. The SMILES string of the molecule is CC(c1ccccn1)N(CCc1cncn1COCC[Si](C)(C)C)Cc1ccccc1. The molecular weight excluding hydrogens is 400 g/mol. The van der Waals surface area contributed by atoms with E-state index in [2.05, 4.69) is 88.5 Å². The molecule has 0 fully saturated rings. The first kappa shape index (κ1) is 23.4. The standard InChI is InChI=1S/C25H36N4OSi/c1-22(25-12-8-9-14-27-25)28(19-23-10-6-5-7-11-23)15-13-24-18-26-20-29(24)21-30-16-17-31(2,3)4/h5-12,14,18,20,22H,13,15-17,19,21H2,1-4H3. The van der Waals surface area contributed by atoms with Gasteiger partial charge in [0.05, 0.1) is 12.0 Å². The maximum Gasteiger partial charge on any atom is 0.123 e. The van der Waals surface area contributed by atoms with Gasteiger partial charge in [-0.3, -0.25) is 9.88 Å². The minimum Gasteiger partial charge on any atom is -0.361 e. The van der Waals surface area contributed by atoms with Crippen LogP contribution in [0.2, 0.25) is 25.7 Å². The number of imidazole rings is 1. The average molecular weight is 437 g/mol. The molecule has 2 aromatic heterocycles. The molecule has 0 amide bonds. The Morgan fingerprint density at radius 2 is 1.84 bits per heavy atom. The largest absolute Gasteiger partial charge is 0.361 e. The Bertz CT molecular complexity index is 893. The van der Waals surface area contributed by atoms with E-state index < -0.39 is 8.07 Å². The Hall–Kier alpha value is -2.28. The van der Waals surface area contributed by atoms with E-state index in [0.717, 1.165) is 31.8 Å². The molecule has 0 bridgehead atoms. The highest BCUT2D eigenvalue weighted by atomic mass is 28.3. The molecule has 1 atom stereocenters. The monoisotopic (exact) mass is 436 g/mol. The number of benzene rings is 1. The maximum absolute atomic E-state index is 5.95. The van der Waals surface area contributed by atoms with E-state index in [-0.39, 0.29) is 6.04 Å². The van der Waals surface area contributed by atoms with Crippen LogP contribution in [0, 0.1) is 0 Å². The summed E-state index contributed by atoms with van der Waals surface area (Å²) >= 11 is 0. The predicted molar refractivity (Wildman–Crippen MR) is 130 cm³/mol. The van der Waals surface area contributed by atoms with Gasteiger partial charge in [0.25, 0.3) is 0 Å². The molecule has 2 heterocycles. The summed E-state index contributed by atoms with van der Waals surface area (Å²) in [6.07, 6.45) is 6.64. The first-order valence-corrected chi connectivity index (χ1v) is 14.9. The van der Waals surface area contributed by atoms with Crippen molar-refractivity contribution in [2.75, 3.05) is 13.2 Å². The van der Waals surface area contributed by atoms with Crippen LogP contribution in [-0.4, -0.2) is 40.7 Å². The molecule has 31 heavy (non-hydrogen) atoms. The lowest BCUT2D eigenvalue weighted by Gasteiger charge is -2.29. The third-order valence-corrected chi connectivity index (χ3v) is 7.28. The van der Waals surface area contributed by atoms with E-state index in [1.165, 1.54) is 17.3 Å². The van der Waals surface area contributed by atoms with Crippen molar-refractivity contribution in [2.45, 2.75) is 58.3 Å². The average Bonchev–Trinajstić information content (AvgIpc) is 3.21. The zero-order valence-corrected chi connectivity index (χ0v) is 20.4. The lowest BCUT2D eigenvalue weighted by molar-refractivity contribution is 0.0846. The van der Waals surface area contributed by atoms with E-state index >= 15 is 0 Å². The number of pyridine rings is 1. The summed E-state index contributed by atoms with van der Waals surface area (Å²) in [5.41, 5.74) is 3.62. The van der Waals surface area contributed by atoms with E-state index in [1.807, 2.05) is 24.8 Å². The second kappa shape index (κ2) is 11.4. The summed E-state index contributed by atoms with van der Waals surface area (Å²) in [6, 6.07) is 18.2. The highest BCUT2D eigenvalue weighted by Crippen LogP contribution is 2.21. The van der Waals surface area contributed by atoms with Gasteiger partial charge in [0, 0.05) is 58.3 Å².